The van der Waals surface area contributed by atoms with E-state index in [-0.39, 0.29) is 11.8 Å². The summed E-state index contributed by atoms with van der Waals surface area (Å²) in [4.78, 5) is 42.3. The van der Waals surface area contributed by atoms with Crippen LogP contribution in [0.15, 0.2) is 60.5 Å². The highest BCUT2D eigenvalue weighted by molar-refractivity contribution is 6.10. The lowest BCUT2D eigenvalue weighted by Gasteiger charge is -2.23. The normalized spacial score (nSPS) is 13.9. The number of hydrogen-bond donors (Lipinski definition) is 3. The van der Waals surface area contributed by atoms with Gasteiger partial charge in [-0.05, 0) is 82.9 Å². The second-order valence-electron chi connectivity index (χ2n) is 10.0. The van der Waals surface area contributed by atoms with Gasteiger partial charge < -0.3 is 20.7 Å². The van der Waals surface area contributed by atoms with E-state index in [1.54, 1.807) is 61.0 Å². The number of benzene rings is 1. The first-order valence-corrected chi connectivity index (χ1v) is 13.0. The van der Waals surface area contributed by atoms with Crippen LogP contribution < -0.4 is 20.7 Å². The predicted molar refractivity (Wildman–Crippen MR) is 149 cm³/mol. The molecule has 39 heavy (non-hydrogen) atoms. The lowest BCUT2D eigenvalue weighted by atomic mass is 9.90. The molecule has 204 valence electrons. The molecule has 0 bridgehead atoms. The van der Waals surface area contributed by atoms with Gasteiger partial charge in [-0.2, -0.15) is 0 Å². The van der Waals surface area contributed by atoms with Crippen LogP contribution in [0.2, 0.25) is 0 Å². The number of fused-ring (bicyclic) bond motifs is 1. The van der Waals surface area contributed by atoms with Crippen molar-refractivity contribution in [2.24, 2.45) is 11.3 Å². The molecular formula is C29H34N6O4. The van der Waals surface area contributed by atoms with Crippen LogP contribution in [0.4, 0.5) is 11.5 Å². The Balaban J connectivity index is 1.41. The molecule has 0 spiro atoms. The number of nitrogens with one attached hydrogen (secondary N) is 3. The summed E-state index contributed by atoms with van der Waals surface area (Å²) in [6.45, 7) is 8.86. The first-order valence-electron chi connectivity index (χ1n) is 13.0. The van der Waals surface area contributed by atoms with Crippen molar-refractivity contribution >= 4 is 34.9 Å². The van der Waals surface area contributed by atoms with E-state index in [9.17, 15) is 14.4 Å². The number of anilines is 2. The van der Waals surface area contributed by atoms with Crippen molar-refractivity contribution in [3.8, 4) is 11.6 Å². The minimum atomic E-state index is -1.31. The Hall–Kier alpha value is -4.47. The highest BCUT2D eigenvalue weighted by Crippen LogP contribution is 2.30. The van der Waals surface area contributed by atoms with E-state index < -0.39 is 17.2 Å². The molecular weight excluding hydrogens is 496 g/mol. The monoisotopic (exact) mass is 530 g/mol. The topological polar surface area (TPSA) is 127 Å². The first kappa shape index (κ1) is 27.6. The molecule has 3 N–H and O–H groups in total. The molecule has 10 nitrogen and oxygen atoms in total. The van der Waals surface area contributed by atoms with Crippen LogP contribution in [-0.2, 0) is 14.4 Å². The zero-order valence-corrected chi connectivity index (χ0v) is 22.9. The fourth-order valence-electron chi connectivity index (χ4n) is 3.75. The second kappa shape index (κ2) is 11.5. The number of imidazole rings is 1. The fraction of sp³-hybridized carbons (Fsp3) is 0.345. The van der Waals surface area contributed by atoms with Gasteiger partial charge in [0, 0.05) is 23.4 Å². The molecule has 2 aromatic heterocycles. The van der Waals surface area contributed by atoms with E-state index in [0.29, 0.717) is 34.5 Å². The Kier molecular flexibility index (Phi) is 8.13. The maximum absolute atomic E-state index is 13.0. The molecule has 1 saturated carbocycles. The molecule has 0 radical (unpaired) electrons. The number of aromatic nitrogens is 3. The molecule has 4 rings (SSSR count). The Morgan fingerprint density at radius 2 is 1.90 bits per heavy atom. The van der Waals surface area contributed by atoms with E-state index in [1.165, 1.54) is 0 Å². The highest BCUT2D eigenvalue weighted by Gasteiger charge is 2.36. The second-order valence-corrected chi connectivity index (χ2v) is 10.0. The average Bonchev–Trinajstić information content (AvgIpc) is 3.66. The number of ether oxygens (including phenoxy) is 1. The van der Waals surface area contributed by atoms with Gasteiger partial charge in [0.15, 0.2) is 11.5 Å². The summed E-state index contributed by atoms with van der Waals surface area (Å²) in [5.74, 6) is 0.582. The van der Waals surface area contributed by atoms with Crippen molar-refractivity contribution in [1.82, 2.24) is 19.9 Å². The summed E-state index contributed by atoms with van der Waals surface area (Å²) in [6.07, 6.45) is 9.74. The summed E-state index contributed by atoms with van der Waals surface area (Å²) < 4.78 is 7.52. The standard InChI is InChI=1S/C29H34N6O4/c1-6-8-20(9-7-2)30-27(37)29(4,5)28(38)31-21-12-13-22(18(3)16-21)39-25-15-14-24-32-23(17-35(24)34-25)33-26(36)19-10-11-19/h6,8-9,12-17,19H,7,10-11H2,1-5H3,(H,30,37)(H,31,38)(H,33,36)/b8-6-,20-9+. The summed E-state index contributed by atoms with van der Waals surface area (Å²) >= 11 is 0. The summed E-state index contributed by atoms with van der Waals surface area (Å²) in [7, 11) is 0. The van der Waals surface area contributed by atoms with Gasteiger partial charge in [-0.15, -0.1) is 5.10 Å². The number of carbonyl (C=O) groups excluding carboxylic acids is 3. The van der Waals surface area contributed by atoms with Gasteiger partial charge in [-0.3, -0.25) is 14.4 Å². The average molecular weight is 531 g/mol. The molecule has 1 aliphatic rings. The predicted octanol–water partition coefficient (Wildman–Crippen LogP) is 5.13. The van der Waals surface area contributed by atoms with Gasteiger partial charge in [0.05, 0.1) is 6.20 Å². The van der Waals surface area contributed by atoms with Crippen molar-refractivity contribution in [3.05, 3.63) is 66.0 Å². The Bertz CT molecular complexity index is 1470. The molecule has 3 aromatic rings. The van der Waals surface area contributed by atoms with E-state index in [0.717, 1.165) is 24.8 Å². The number of carbonyl (C=O) groups is 3. The number of nitrogens with zero attached hydrogens (tertiary/aromatic N) is 3. The van der Waals surface area contributed by atoms with Crippen molar-refractivity contribution in [1.29, 1.82) is 0 Å². The third-order valence-electron chi connectivity index (χ3n) is 6.31. The number of hydrogen-bond acceptors (Lipinski definition) is 6. The van der Waals surface area contributed by atoms with E-state index in [2.05, 4.69) is 26.0 Å². The van der Waals surface area contributed by atoms with Crippen LogP contribution in [0.5, 0.6) is 11.6 Å². The van der Waals surface area contributed by atoms with Crippen LogP contribution in [0.25, 0.3) is 5.65 Å². The Morgan fingerprint density at radius 3 is 2.56 bits per heavy atom. The maximum Gasteiger partial charge on any atom is 0.239 e. The SMILES string of the molecule is C/C=C\C(=C/CC)NC(=O)C(C)(C)C(=O)Nc1ccc(Oc2ccc3nc(NC(=O)C4CC4)cn3n2)c(C)c1. The van der Waals surface area contributed by atoms with Gasteiger partial charge in [-0.25, -0.2) is 9.50 Å². The lowest BCUT2D eigenvalue weighted by molar-refractivity contribution is -0.137. The summed E-state index contributed by atoms with van der Waals surface area (Å²) in [5.41, 5.74) is 1.24. The zero-order chi connectivity index (χ0) is 28.2. The quantitative estimate of drug-likeness (QED) is 0.246. The molecule has 3 amide bonds. The van der Waals surface area contributed by atoms with Crippen molar-refractivity contribution < 1.29 is 19.1 Å². The van der Waals surface area contributed by atoms with Crippen LogP contribution in [0.1, 0.15) is 52.5 Å². The highest BCUT2D eigenvalue weighted by atomic mass is 16.5. The van der Waals surface area contributed by atoms with Crippen LogP contribution in [-0.4, -0.2) is 32.3 Å². The maximum atomic E-state index is 13.0. The van der Waals surface area contributed by atoms with Crippen molar-refractivity contribution in [2.75, 3.05) is 10.6 Å². The third kappa shape index (κ3) is 6.70. The van der Waals surface area contributed by atoms with Gasteiger partial charge in [0.25, 0.3) is 0 Å². The van der Waals surface area contributed by atoms with Crippen LogP contribution >= 0.6 is 0 Å². The van der Waals surface area contributed by atoms with Crippen molar-refractivity contribution in [2.45, 2.75) is 53.9 Å². The van der Waals surface area contributed by atoms with E-state index in [1.807, 2.05) is 32.9 Å². The van der Waals surface area contributed by atoms with Crippen molar-refractivity contribution in [3.63, 3.8) is 0 Å². The minimum absolute atomic E-state index is 0.0200. The molecule has 1 aliphatic carbocycles. The number of allylic oxidation sites excluding steroid dienone is 3. The van der Waals surface area contributed by atoms with Gasteiger partial charge >= 0.3 is 0 Å². The summed E-state index contributed by atoms with van der Waals surface area (Å²) in [6, 6.07) is 8.65. The molecule has 2 heterocycles. The van der Waals surface area contributed by atoms with Gasteiger partial charge in [0.2, 0.25) is 23.6 Å². The lowest BCUT2D eigenvalue weighted by Crippen LogP contribution is -2.44. The molecule has 1 aromatic carbocycles. The third-order valence-corrected chi connectivity index (χ3v) is 6.31. The first-order chi connectivity index (χ1) is 18.6. The fourth-order valence-corrected chi connectivity index (χ4v) is 3.75. The Labute approximate surface area is 227 Å². The minimum Gasteiger partial charge on any atom is -0.437 e. The van der Waals surface area contributed by atoms with Gasteiger partial charge in [-0.1, -0.05) is 19.1 Å². The molecule has 0 aliphatic heterocycles. The Morgan fingerprint density at radius 1 is 1.13 bits per heavy atom. The van der Waals surface area contributed by atoms with E-state index in [4.69, 9.17) is 4.74 Å². The number of amides is 3. The van der Waals surface area contributed by atoms with Crippen LogP contribution in [0, 0.1) is 18.3 Å². The molecule has 10 heteroatoms. The van der Waals surface area contributed by atoms with Gasteiger partial charge in [0.1, 0.15) is 11.2 Å². The number of rotatable bonds is 10. The van der Waals surface area contributed by atoms with Crippen LogP contribution in [0.3, 0.4) is 0 Å². The smallest absolute Gasteiger partial charge is 0.239 e. The largest absolute Gasteiger partial charge is 0.437 e. The molecule has 0 saturated heterocycles. The zero-order valence-electron chi connectivity index (χ0n) is 22.9. The molecule has 0 unspecified atom stereocenters. The van der Waals surface area contributed by atoms with E-state index >= 15 is 0 Å². The summed E-state index contributed by atoms with van der Waals surface area (Å²) in [5, 5.41) is 12.9. The number of aryl methyl sites for hydroxylation is 1. The molecule has 1 fully saturated rings. The molecule has 0 atom stereocenters.